The van der Waals surface area contributed by atoms with Crippen LogP contribution in [0.1, 0.15) is 12.8 Å². The number of piperidine rings is 1. The Morgan fingerprint density at radius 1 is 1.08 bits per heavy atom. The molecule has 0 spiro atoms. The number of hydrogen-bond acceptors (Lipinski definition) is 5. The van der Waals surface area contributed by atoms with Crippen molar-refractivity contribution in [3.8, 4) is 0 Å². The number of nitrogens with zero attached hydrogens (tertiary/aromatic N) is 4. The molecule has 1 aliphatic rings. The molecule has 1 amide bonds. The quantitative estimate of drug-likeness (QED) is 0.798. The smallest absolute Gasteiger partial charge is 0.229 e. The number of carbonyl (C=O) groups excluding carboxylic acids is 1. The highest BCUT2D eigenvalue weighted by Gasteiger charge is 2.27. The lowest BCUT2D eigenvalue weighted by Crippen LogP contribution is -2.41. The lowest BCUT2D eigenvalue weighted by Gasteiger charge is -2.31. The number of fused-ring (bicyclic) bond motifs is 1. The number of benzene rings is 1. The van der Waals surface area contributed by atoms with Crippen LogP contribution in [-0.2, 0) is 4.79 Å². The van der Waals surface area contributed by atoms with Gasteiger partial charge in [0.05, 0.1) is 11.4 Å². The van der Waals surface area contributed by atoms with Crippen LogP contribution in [0.15, 0.2) is 55.0 Å². The molecule has 4 rings (SSSR count). The van der Waals surface area contributed by atoms with E-state index in [1.54, 1.807) is 24.7 Å². The van der Waals surface area contributed by atoms with Crippen molar-refractivity contribution in [2.45, 2.75) is 12.8 Å². The van der Waals surface area contributed by atoms with Crippen LogP contribution in [0.5, 0.6) is 0 Å². The molecule has 1 aromatic carbocycles. The highest BCUT2D eigenvalue weighted by Crippen LogP contribution is 2.23. The molecule has 3 aromatic rings. The van der Waals surface area contributed by atoms with Gasteiger partial charge in [-0.2, -0.15) is 0 Å². The molecule has 2 aromatic heterocycles. The monoisotopic (exact) mass is 333 g/mol. The lowest BCUT2D eigenvalue weighted by atomic mass is 9.97. The highest BCUT2D eigenvalue weighted by atomic mass is 16.1. The summed E-state index contributed by atoms with van der Waals surface area (Å²) in [7, 11) is 0. The first-order valence-corrected chi connectivity index (χ1v) is 8.47. The van der Waals surface area contributed by atoms with Gasteiger partial charge in [0, 0.05) is 42.8 Å². The van der Waals surface area contributed by atoms with E-state index in [1.165, 1.54) is 0 Å². The van der Waals surface area contributed by atoms with Gasteiger partial charge in [0.25, 0.3) is 0 Å². The van der Waals surface area contributed by atoms with Crippen LogP contribution in [0.25, 0.3) is 10.9 Å². The molecule has 0 radical (unpaired) electrons. The molecule has 3 heterocycles. The predicted octanol–water partition coefficient (Wildman–Crippen LogP) is 2.88. The third-order valence-corrected chi connectivity index (χ3v) is 4.50. The summed E-state index contributed by atoms with van der Waals surface area (Å²) in [4.78, 5) is 27.7. The van der Waals surface area contributed by atoms with E-state index in [0.29, 0.717) is 12.5 Å². The van der Waals surface area contributed by atoms with Gasteiger partial charge in [0.1, 0.15) is 0 Å². The molecule has 1 saturated heterocycles. The number of anilines is 2. The minimum absolute atomic E-state index is 0.0453. The van der Waals surface area contributed by atoms with Crippen LogP contribution in [0.2, 0.25) is 0 Å². The maximum atomic E-state index is 12.7. The number of hydrogen-bond donors (Lipinski definition) is 1. The number of pyridine rings is 1. The van der Waals surface area contributed by atoms with E-state index in [-0.39, 0.29) is 11.8 Å². The van der Waals surface area contributed by atoms with Crippen LogP contribution in [0.3, 0.4) is 0 Å². The van der Waals surface area contributed by atoms with E-state index in [0.717, 1.165) is 36.0 Å². The summed E-state index contributed by atoms with van der Waals surface area (Å²) in [6.07, 6.45) is 7.06. The molecule has 1 fully saturated rings. The number of rotatable bonds is 3. The van der Waals surface area contributed by atoms with Gasteiger partial charge in [0.15, 0.2) is 0 Å². The van der Waals surface area contributed by atoms with E-state index in [2.05, 4.69) is 25.2 Å². The molecule has 6 nitrogen and oxygen atoms in total. The zero-order chi connectivity index (χ0) is 17.1. The van der Waals surface area contributed by atoms with Crippen LogP contribution in [0, 0.1) is 5.92 Å². The molecule has 0 unspecified atom stereocenters. The zero-order valence-electron chi connectivity index (χ0n) is 13.8. The fraction of sp³-hybridized carbons (Fsp3) is 0.263. The van der Waals surface area contributed by atoms with Crippen molar-refractivity contribution in [1.29, 1.82) is 0 Å². The van der Waals surface area contributed by atoms with Gasteiger partial charge in [-0.25, -0.2) is 9.97 Å². The topological polar surface area (TPSA) is 71.0 Å². The molecule has 0 aliphatic carbocycles. The summed E-state index contributed by atoms with van der Waals surface area (Å²) < 4.78 is 0. The molecule has 1 N–H and O–H groups in total. The molecule has 0 bridgehead atoms. The van der Waals surface area contributed by atoms with Crippen molar-refractivity contribution in [1.82, 2.24) is 15.0 Å². The van der Waals surface area contributed by atoms with E-state index >= 15 is 0 Å². The molecular weight excluding hydrogens is 314 g/mol. The van der Waals surface area contributed by atoms with E-state index in [4.69, 9.17) is 0 Å². The van der Waals surface area contributed by atoms with Gasteiger partial charge < -0.3 is 10.2 Å². The second-order valence-electron chi connectivity index (χ2n) is 6.23. The van der Waals surface area contributed by atoms with E-state index < -0.39 is 0 Å². The summed E-state index contributed by atoms with van der Waals surface area (Å²) in [6, 6.07) is 11.5. The maximum Gasteiger partial charge on any atom is 0.229 e. The third-order valence-electron chi connectivity index (χ3n) is 4.50. The minimum atomic E-state index is -0.0675. The van der Waals surface area contributed by atoms with Crippen molar-refractivity contribution in [2.24, 2.45) is 5.92 Å². The van der Waals surface area contributed by atoms with Gasteiger partial charge in [-0.05, 0) is 43.2 Å². The number of aromatic nitrogens is 3. The van der Waals surface area contributed by atoms with Crippen LogP contribution >= 0.6 is 0 Å². The van der Waals surface area contributed by atoms with Crippen LogP contribution in [-0.4, -0.2) is 33.9 Å². The Kier molecular flexibility index (Phi) is 4.24. The van der Waals surface area contributed by atoms with Crippen molar-refractivity contribution in [3.63, 3.8) is 0 Å². The molecule has 6 heteroatoms. The van der Waals surface area contributed by atoms with Crippen LogP contribution < -0.4 is 10.2 Å². The Morgan fingerprint density at radius 3 is 2.80 bits per heavy atom. The zero-order valence-corrected chi connectivity index (χ0v) is 13.8. The van der Waals surface area contributed by atoms with Crippen molar-refractivity contribution < 1.29 is 4.79 Å². The predicted molar refractivity (Wildman–Crippen MR) is 97.3 cm³/mol. The van der Waals surface area contributed by atoms with Crippen LogP contribution in [0.4, 0.5) is 11.6 Å². The fourth-order valence-corrected chi connectivity index (χ4v) is 3.23. The molecule has 1 atom stereocenters. The Morgan fingerprint density at radius 2 is 1.92 bits per heavy atom. The summed E-state index contributed by atoms with van der Waals surface area (Å²) in [5.74, 6) is 0.669. The average molecular weight is 333 g/mol. The lowest BCUT2D eigenvalue weighted by molar-refractivity contribution is -0.120. The Labute approximate surface area is 145 Å². The second kappa shape index (κ2) is 6.84. The molecule has 25 heavy (non-hydrogen) atoms. The van der Waals surface area contributed by atoms with Crippen molar-refractivity contribution in [3.05, 3.63) is 55.0 Å². The second-order valence-corrected chi connectivity index (χ2v) is 6.23. The van der Waals surface area contributed by atoms with Crippen molar-refractivity contribution in [2.75, 3.05) is 23.3 Å². The standard InChI is InChI=1S/C19H19N5O/c25-18(23-16-6-7-17-14(12-16)4-1-8-20-17)15-5-2-11-24(13-15)19-21-9-3-10-22-19/h1,3-4,6-10,12,15H,2,5,11,13H2,(H,23,25)/t15-/m0/s1. The first-order valence-electron chi connectivity index (χ1n) is 8.47. The normalized spacial score (nSPS) is 17.4. The van der Waals surface area contributed by atoms with Gasteiger partial charge in [0.2, 0.25) is 11.9 Å². The number of carbonyl (C=O) groups is 1. The van der Waals surface area contributed by atoms with Gasteiger partial charge >= 0.3 is 0 Å². The first kappa shape index (κ1) is 15.5. The Bertz CT molecular complexity index is 883. The van der Waals surface area contributed by atoms with Gasteiger partial charge in [-0.15, -0.1) is 0 Å². The molecule has 126 valence electrons. The third kappa shape index (κ3) is 3.42. The highest BCUT2D eigenvalue weighted by molar-refractivity contribution is 5.95. The molecular formula is C19H19N5O. The van der Waals surface area contributed by atoms with Crippen molar-refractivity contribution >= 4 is 28.4 Å². The largest absolute Gasteiger partial charge is 0.340 e. The van der Waals surface area contributed by atoms with Gasteiger partial charge in [-0.3, -0.25) is 9.78 Å². The summed E-state index contributed by atoms with van der Waals surface area (Å²) in [5.41, 5.74) is 1.73. The fourth-order valence-electron chi connectivity index (χ4n) is 3.23. The molecule has 0 saturated carbocycles. The Balaban J connectivity index is 1.46. The van der Waals surface area contributed by atoms with E-state index in [9.17, 15) is 4.79 Å². The number of nitrogens with one attached hydrogen (secondary N) is 1. The molecule has 1 aliphatic heterocycles. The first-order chi connectivity index (χ1) is 12.3. The minimum Gasteiger partial charge on any atom is -0.340 e. The summed E-state index contributed by atoms with van der Waals surface area (Å²) in [6.45, 7) is 1.53. The Hall–Kier alpha value is -3.02. The average Bonchev–Trinajstić information content (AvgIpc) is 2.69. The SMILES string of the molecule is O=C(Nc1ccc2ncccc2c1)[C@H]1CCCN(c2ncccn2)C1. The van der Waals surface area contributed by atoms with E-state index in [1.807, 2.05) is 30.3 Å². The maximum absolute atomic E-state index is 12.7. The summed E-state index contributed by atoms with van der Waals surface area (Å²) in [5, 5.41) is 4.06. The summed E-state index contributed by atoms with van der Waals surface area (Å²) >= 11 is 0. The van der Waals surface area contributed by atoms with Gasteiger partial charge in [-0.1, -0.05) is 6.07 Å². The number of amides is 1.